The normalized spacial score (nSPS) is 24.2. The van der Waals surface area contributed by atoms with E-state index in [0.29, 0.717) is 17.4 Å². The second kappa shape index (κ2) is 5.18. The smallest absolute Gasteiger partial charge is 0.124 e. The molecule has 1 aromatic carbocycles. The lowest BCUT2D eigenvalue weighted by atomic mass is 9.77. The summed E-state index contributed by atoms with van der Waals surface area (Å²) >= 11 is 6.00. The minimum atomic E-state index is -0.398. The van der Waals surface area contributed by atoms with Crippen LogP contribution in [0.15, 0.2) is 18.2 Å². The summed E-state index contributed by atoms with van der Waals surface area (Å²) in [5.74, 6) is -0.0296. The quantitative estimate of drug-likeness (QED) is 0.872. The van der Waals surface area contributed by atoms with Gasteiger partial charge in [0.25, 0.3) is 0 Å². The molecule has 0 saturated heterocycles. The highest BCUT2D eigenvalue weighted by atomic mass is 35.5. The zero-order valence-electron chi connectivity index (χ0n) is 10.9. The van der Waals surface area contributed by atoms with Gasteiger partial charge in [-0.15, -0.1) is 0 Å². The fraction of sp³-hybridized carbons (Fsp3) is 0.600. The maximum absolute atomic E-state index is 13.0. The molecule has 18 heavy (non-hydrogen) atoms. The van der Waals surface area contributed by atoms with E-state index in [1.807, 2.05) is 0 Å². The lowest BCUT2D eigenvalue weighted by molar-refractivity contribution is 0.0543. The molecule has 1 fully saturated rings. The van der Waals surface area contributed by atoms with Gasteiger partial charge in [0.1, 0.15) is 5.82 Å². The third kappa shape index (κ3) is 2.86. The van der Waals surface area contributed by atoms with Crippen LogP contribution in [0.2, 0.25) is 5.02 Å². The van der Waals surface area contributed by atoms with E-state index < -0.39 is 6.10 Å². The van der Waals surface area contributed by atoms with Crippen LogP contribution in [0.4, 0.5) is 4.39 Å². The molecule has 2 rings (SSSR count). The molecular formula is C15H20ClFO. The highest BCUT2D eigenvalue weighted by Gasteiger charge is 2.38. The largest absolute Gasteiger partial charge is 0.392 e. The maximum Gasteiger partial charge on any atom is 0.124 e. The number of aliphatic hydroxyl groups is 1. The summed E-state index contributed by atoms with van der Waals surface area (Å²) in [5.41, 5.74) is 1.01. The Labute approximate surface area is 113 Å². The Balaban J connectivity index is 2.09. The summed E-state index contributed by atoms with van der Waals surface area (Å²) in [6.07, 6.45) is 3.50. The molecule has 2 unspecified atom stereocenters. The molecule has 100 valence electrons. The Bertz CT molecular complexity index is 431. The first-order chi connectivity index (χ1) is 8.40. The van der Waals surface area contributed by atoms with Crippen LogP contribution in [0, 0.1) is 17.2 Å². The Kier molecular flexibility index (Phi) is 3.98. The van der Waals surface area contributed by atoms with Crippen LogP contribution in [0.3, 0.4) is 0 Å². The van der Waals surface area contributed by atoms with Crippen LogP contribution in [-0.2, 0) is 6.42 Å². The average Bonchev–Trinajstić information content (AvgIpc) is 2.62. The Hall–Kier alpha value is -0.600. The van der Waals surface area contributed by atoms with E-state index >= 15 is 0 Å². The molecule has 1 aliphatic carbocycles. The van der Waals surface area contributed by atoms with Crippen molar-refractivity contribution >= 4 is 11.6 Å². The van der Waals surface area contributed by atoms with Gasteiger partial charge < -0.3 is 5.11 Å². The minimum absolute atomic E-state index is 0.186. The number of halogens is 2. The third-order valence-corrected chi connectivity index (χ3v) is 4.60. The number of hydrogen-bond donors (Lipinski definition) is 1. The van der Waals surface area contributed by atoms with Crippen LogP contribution in [0.1, 0.15) is 38.7 Å². The second-order valence-corrected chi connectivity index (χ2v) is 6.40. The summed E-state index contributed by atoms with van der Waals surface area (Å²) < 4.78 is 13.0. The van der Waals surface area contributed by atoms with Gasteiger partial charge in [0.2, 0.25) is 0 Å². The van der Waals surface area contributed by atoms with Gasteiger partial charge in [0, 0.05) is 11.4 Å². The number of benzene rings is 1. The van der Waals surface area contributed by atoms with Gasteiger partial charge >= 0.3 is 0 Å². The lowest BCUT2D eigenvalue weighted by Crippen LogP contribution is -2.31. The van der Waals surface area contributed by atoms with Crippen LogP contribution >= 0.6 is 11.6 Å². The Morgan fingerprint density at radius 1 is 1.50 bits per heavy atom. The zero-order valence-corrected chi connectivity index (χ0v) is 11.7. The van der Waals surface area contributed by atoms with Crippen molar-refractivity contribution in [2.75, 3.05) is 0 Å². The summed E-state index contributed by atoms with van der Waals surface area (Å²) in [5, 5.41) is 10.8. The van der Waals surface area contributed by atoms with Crippen molar-refractivity contribution in [3.63, 3.8) is 0 Å². The number of rotatable bonds is 3. The maximum atomic E-state index is 13.0. The van der Waals surface area contributed by atoms with Crippen LogP contribution < -0.4 is 0 Å². The van der Waals surface area contributed by atoms with Crippen molar-refractivity contribution in [2.45, 2.75) is 45.6 Å². The lowest BCUT2D eigenvalue weighted by Gasteiger charge is -2.31. The number of hydrogen-bond acceptors (Lipinski definition) is 1. The van der Waals surface area contributed by atoms with Crippen molar-refractivity contribution in [3.8, 4) is 0 Å². The molecular weight excluding hydrogens is 251 g/mol. The molecule has 1 nitrogen and oxygen atoms in total. The topological polar surface area (TPSA) is 20.2 Å². The fourth-order valence-electron chi connectivity index (χ4n) is 3.12. The molecule has 1 N–H and O–H groups in total. The number of aliphatic hydroxyl groups excluding tert-OH is 1. The van der Waals surface area contributed by atoms with Gasteiger partial charge in [-0.25, -0.2) is 4.39 Å². The van der Waals surface area contributed by atoms with Crippen LogP contribution in [0.25, 0.3) is 0 Å². The van der Waals surface area contributed by atoms with E-state index in [0.717, 1.165) is 18.4 Å². The SMILES string of the molecule is CC1(C)CCCC1C(O)Cc1ccc(F)cc1Cl. The standard InChI is InChI=1S/C15H20ClFO/c1-15(2)7-3-4-12(15)14(18)8-10-5-6-11(17)9-13(10)16/h5-6,9,12,14,18H,3-4,7-8H2,1-2H3. The molecule has 1 aliphatic rings. The van der Waals surface area contributed by atoms with Crippen molar-refractivity contribution in [1.82, 2.24) is 0 Å². The van der Waals surface area contributed by atoms with Crippen molar-refractivity contribution in [2.24, 2.45) is 11.3 Å². The molecule has 1 saturated carbocycles. The first kappa shape index (κ1) is 13.8. The molecule has 1 aromatic rings. The van der Waals surface area contributed by atoms with E-state index in [-0.39, 0.29) is 11.2 Å². The molecule has 0 aromatic heterocycles. The average molecular weight is 271 g/mol. The molecule has 0 spiro atoms. The molecule has 0 heterocycles. The molecule has 0 radical (unpaired) electrons. The van der Waals surface area contributed by atoms with Crippen molar-refractivity contribution in [1.29, 1.82) is 0 Å². The molecule has 2 atom stereocenters. The van der Waals surface area contributed by atoms with E-state index in [9.17, 15) is 9.50 Å². The van der Waals surface area contributed by atoms with Gasteiger partial charge in [-0.2, -0.15) is 0 Å². The zero-order chi connectivity index (χ0) is 13.3. The third-order valence-electron chi connectivity index (χ3n) is 4.25. The molecule has 0 bridgehead atoms. The Morgan fingerprint density at radius 3 is 2.78 bits per heavy atom. The Morgan fingerprint density at radius 2 is 2.22 bits per heavy atom. The van der Waals surface area contributed by atoms with Gasteiger partial charge in [-0.3, -0.25) is 0 Å². The monoisotopic (exact) mass is 270 g/mol. The second-order valence-electron chi connectivity index (χ2n) is 5.99. The summed E-state index contributed by atoms with van der Waals surface area (Å²) in [7, 11) is 0. The van der Waals surface area contributed by atoms with Crippen molar-refractivity contribution in [3.05, 3.63) is 34.6 Å². The first-order valence-corrected chi connectivity index (χ1v) is 6.90. The van der Waals surface area contributed by atoms with E-state index in [1.165, 1.54) is 18.6 Å². The predicted molar refractivity (Wildman–Crippen MR) is 72.2 cm³/mol. The fourth-order valence-corrected chi connectivity index (χ4v) is 3.37. The van der Waals surface area contributed by atoms with Gasteiger partial charge in [-0.1, -0.05) is 37.9 Å². The summed E-state index contributed by atoms with van der Waals surface area (Å²) in [6, 6.07) is 4.37. The summed E-state index contributed by atoms with van der Waals surface area (Å²) in [4.78, 5) is 0. The molecule has 0 aliphatic heterocycles. The first-order valence-electron chi connectivity index (χ1n) is 6.52. The van der Waals surface area contributed by atoms with Crippen LogP contribution in [-0.4, -0.2) is 11.2 Å². The van der Waals surface area contributed by atoms with Crippen molar-refractivity contribution < 1.29 is 9.50 Å². The molecule has 3 heteroatoms. The minimum Gasteiger partial charge on any atom is -0.392 e. The van der Waals surface area contributed by atoms with Gasteiger partial charge in [-0.05, 0) is 41.9 Å². The predicted octanol–water partition coefficient (Wildman–Crippen LogP) is 4.21. The van der Waals surface area contributed by atoms with Gasteiger partial charge in [0.15, 0.2) is 0 Å². The van der Waals surface area contributed by atoms with Gasteiger partial charge in [0.05, 0.1) is 6.10 Å². The van der Waals surface area contributed by atoms with Crippen LogP contribution in [0.5, 0.6) is 0 Å². The molecule has 0 amide bonds. The van der Waals surface area contributed by atoms with E-state index in [2.05, 4.69) is 13.8 Å². The highest BCUT2D eigenvalue weighted by Crippen LogP contribution is 2.45. The highest BCUT2D eigenvalue weighted by molar-refractivity contribution is 6.31. The summed E-state index contributed by atoms with van der Waals surface area (Å²) in [6.45, 7) is 4.42. The van der Waals surface area contributed by atoms with E-state index in [4.69, 9.17) is 11.6 Å². The van der Waals surface area contributed by atoms with E-state index in [1.54, 1.807) is 6.07 Å².